The molecule has 32 heavy (non-hydrogen) atoms. The minimum Gasteiger partial charge on any atom is -0.347 e. The summed E-state index contributed by atoms with van der Waals surface area (Å²) in [4.78, 5) is 53.4. The Morgan fingerprint density at radius 1 is 1.38 bits per heavy atom. The number of fused-ring (bicyclic) bond motifs is 2. The summed E-state index contributed by atoms with van der Waals surface area (Å²) in [6.07, 6.45) is -1.84. The molecule has 0 saturated carbocycles. The molecule has 4 rings (SSSR count). The van der Waals surface area contributed by atoms with Gasteiger partial charge in [0.15, 0.2) is 23.2 Å². The monoisotopic (exact) mass is 473 g/mol. The second-order valence-electron chi connectivity index (χ2n) is 8.30. The first kappa shape index (κ1) is 23.0. The second kappa shape index (κ2) is 7.99. The minimum atomic E-state index is -4.73. The molecular formula is C17H24N5O9P. The maximum Gasteiger partial charge on any atom is 0.469 e. The number of phosphoric ester groups is 1. The van der Waals surface area contributed by atoms with E-state index in [4.69, 9.17) is 24.0 Å². The number of anilines is 1. The van der Waals surface area contributed by atoms with Crippen molar-refractivity contribution in [2.24, 2.45) is 5.92 Å². The van der Waals surface area contributed by atoms with Crippen LogP contribution in [0.1, 0.15) is 33.9 Å². The Kier molecular flexibility index (Phi) is 5.74. The molecule has 2 aromatic rings. The van der Waals surface area contributed by atoms with Crippen LogP contribution in [-0.4, -0.2) is 65.9 Å². The van der Waals surface area contributed by atoms with Gasteiger partial charge in [-0.15, -0.1) is 0 Å². The molecule has 4 atom stereocenters. The van der Waals surface area contributed by atoms with Gasteiger partial charge in [-0.05, 0) is 13.8 Å². The zero-order valence-electron chi connectivity index (χ0n) is 17.7. The van der Waals surface area contributed by atoms with Crippen molar-refractivity contribution >= 4 is 30.8 Å². The normalized spacial score (nSPS) is 27.2. The highest BCUT2D eigenvalue weighted by molar-refractivity contribution is 7.46. The van der Waals surface area contributed by atoms with Crippen molar-refractivity contribution in [3.8, 4) is 0 Å². The van der Waals surface area contributed by atoms with Crippen LogP contribution in [0.15, 0.2) is 11.1 Å². The second-order valence-corrected chi connectivity index (χ2v) is 9.54. The molecule has 1 amide bonds. The van der Waals surface area contributed by atoms with Crippen LogP contribution in [0.4, 0.5) is 5.95 Å². The largest absolute Gasteiger partial charge is 0.469 e. The third-order valence-electron chi connectivity index (χ3n) is 5.00. The first-order valence-electron chi connectivity index (χ1n) is 9.83. The molecule has 0 radical (unpaired) electrons. The summed E-state index contributed by atoms with van der Waals surface area (Å²) in [6.45, 7) is 6.33. The van der Waals surface area contributed by atoms with Crippen LogP contribution in [0, 0.1) is 5.92 Å². The lowest BCUT2D eigenvalue weighted by molar-refractivity contribution is -0.199. The summed E-state index contributed by atoms with van der Waals surface area (Å²) in [5.74, 6) is -1.71. The molecule has 0 unspecified atom stereocenters. The highest BCUT2D eigenvalue weighted by atomic mass is 31.2. The number of amides is 1. The van der Waals surface area contributed by atoms with Crippen molar-refractivity contribution in [3.05, 3.63) is 16.7 Å². The maximum atomic E-state index is 12.5. The Bertz CT molecular complexity index is 1140. The molecule has 2 aliphatic rings. The third kappa shape index (κ3) is 4.48. The molecule has 0 aromatic carbocycles. The number of hydrogen-bond acceptors (Lipinski definition) is 9. The number of rotatable bonds is 6. The van der Waals surface area contributed by atoms with Crippen LogP contribution < -0.4 is 10.9 Å². The zero-order valence-corrected chi connectivity index (χ0v) is 18.6. The van der Waals surface area contributed by atoms with Crippen LogP contribution in [0.3, 0.4) is 0 Å². The first-order chi connectivity index (χ1) is 14.8. The molecule has 15 heteroatoms. The number of nitrogens with zero attached hydrogens (tertiary/aromatic N) is 3. The predicted octanol–water partition coefficient (Wildman–Crippen LogP) is 0.241. The lowest BCUT2D eigenvalue weighted by atomic mass is 10.1. The van der Waals surface area contributed by atoms with E-state index in [9.17, 15) is 14.2 Å². The van der Waals surface area contributed by atoms with Gasteiger partial charge < -0.3 is 24.0 Å². The Hall–Kier alpha value is -2.19. The van der Waals surface area contributed by atoms with Crippen molar-refractivity contribution in [3.63, 3.8) is 0 Å². The van der Waals surface area contributed by atoms with Gasteiger partial charge in [0.2, 0.25) is 11.9 Å². The number of phosphoric acid groups is 1. The van der Waals surface area contributed by atoms with Crippen molar-refractivity contribution in [1.82, 2.24) is 19.5 Å². The fourth-order valence-electron chi connectivity index (χ4n) is 3.62. The van der Waals surface area contributed by atoms with E-state index in [-0.39, 0.29) is 28.9 Å². The van der Waals surface area contributed by atoms with Gasteiger partial charge in [0.05, 0.1) is 12.9 Å². The number of ether oxygens (including phenoxy) is 3. The van der Waals surface area contributed by atoms with Crippen molar-refractivity contribution in [2.75, 3.05) is 11.9 Å². The SMILES string of the molecule is CC(C)C(=O)Nc1nc2c(ncn2[C@@H]2O[C@H](COP(=O)(O)O)[C@H]3OC(C)(C)O[C@H]32)c(=O)[nH]1. The van der Waals surface area contributed by atoms with Crippen LogP contribution in [-0.2, 0) is 28.1 Å². The van der Waals surface area contributed by atoms with Crippen LogP contribution in [0.5, 0.6) is 0 Å². The Morgan fingerprint density at radius 2 is 2.06 bits per heavy atom. The standard InChI is InChI=1S/C17H24N5O9P/c1-7(2)13(23)20-16-19-12-9(14(24)21-16)18-6-22(12)15-11-10(30-17(3,4)31-11)8(29-15)5-28-32(25,26)27/h6-8,10-11,15H,5H2,1-4H3,(H2,25,26,27)(H2,19,20,21,23,24)/t8-,10-,11-,15-/m1/s1. The average molecular weight is 473 g/mol. The van der Waals surface area contributed by atoms with Crippen LogP contribution in [0.25, 0.3) is 11.2 Å². The average Bonchev–Trinajstić information content (AvgIpc) is 3.30. The molecule has 2 saturated heterocycles. The molecule has 4 heterocycles. The van der Waals surface area contributed by atoms with Gasteiger partial charge >= 0.3 is 7.82 Å². The highest BCUT2D eigenvalue weighted by Gasteiger charge is 2.56. The predicted molar refractivity (Wildman–Crippen MR) is 107 cm³/mol. The fraction of sp³-hybridized carbons (Fsp3) is 0.647. The van der Waals surface area contributed by atoms with E-state index >= 15 is 0 Å². The Labute approximate surface area is 181 Å². The zero-order chi connectivity index (χ0) is 23.4. The van der Waals surface area contributed by atoms with E-state index in [2.05, 4.69) is 24.8 Å². The smallest absolute Gasteiger partial charge is 0.347 e. The molecule has 0 spiro atoms. The molecular weight excluding hydrogens is 449 g/mol. The third-order valence-corrected chi connectivity index (χ3v) is 5.49. The topological polar surface area (TPSA) is 187 Å². The summed E-state index contributed by atoms with van der Waals surface area (Å²) >= 11 is 0. The van der Waals surface area contributed by atoms with Gasteiger partial charge in [-0.1, -0.05) is 13.8 Å². The summed E-state index contributed by atoms with van der Waals surface area (Å²) < 4.78 is 35.0. The van der Waals surface area contributed by atoms with Crippen molar-refractivity contribution in [1.29, 1.82) is 0 Å². The van der Waals surface area contributed by atoms with Crippen molar-refractivity contribution < 1.29 is 37.9 Å². The molecule has 14 nitrogen and oxygen atoms in total. The lowest BCUT2D eigenvalue weighted by Crippen LogP contribution is -2.32. The minimum absolute atomic E-state index is 0.0146. The van der Waals surface area contributed by atoms with Gasteiger partial charge in [-0.2, -0.15) is 4.98 Å². The van der Waals surface area contributed by atoms with E-state index in [0.29, 0.717) is 0 Å². The Balaban J connectivity index is 1.69. The number of H-pyrrole nitrogens is 1. The molecule has 2 aliphatic heterocycles. The molecule has 0 bridgehead atoms. The van der Waals surface area contributed by atoms with E-state index in [1.165, 1.54) is 10.9 Å². The number of carbonyl (C=O) groups excluding carboxylic acids is 1. The molecule has 4 N–H and O–H groups in total. The van der Waals surface area contributed by atoms with Gasteiger partial charge in [0.25, 0.3) is 5.56 Å². The van der Waals surface area contributed by atoms with Gasteiger partial charge in [-0.25, -0.2) is 9.55 Å². The molecule has 2 fully saturated rings. The van der Waals surface area contributed by atoms with E-state index in [0.717, 1.165) is 0 Å². The summed E-state index contributed by atoms with van der Waals surface area (Å²) in [7, 11) is -4.73. The number of aromatic amines is 1. The number of aromatic nitrogens is 4. The molecule has 176 valence electrons. The Morgan fingerprint density at radius 3 is 2.72 bits per heavy atom. The van der Waals surface area contributed by atoms with E-state index in [1.54, 1.807) is 27.7 Å². The lowest BCUT2D eigenvalue weighted by Gasteiger charge is -2.24. The molecule has 2 aromatic heterocycles. The first-order valence-corrected chi connectivity index (χ1v) is 11.4. The maximum absolute atomic E-state index is 12.5. The van der Waals surface area contributed by atoms with Crippen LogP contribution in [0.2, 0.25) is 0 Å². The summed E-state index contributed by atoms with van der Waals surface area (Å²) in [5, 5.41) is 2.54. The van der Waals surface area contributed by atoms with Gasteiger partial charge in [0.1, 0.15) is 18.3 Å². The number of nitrogens with one attached hydrogen (secondary N) is 2. The quantitative estimate of drug-likeness (QED) is 0.421. The number of carbonyl (C=O) groups is 1. The van der Waals surface area contributed by atoms with Gasteiger partial charge in [-0.3, -0.25) is 29.0 Å². The van der Waals surface area contributed by atoms with Crippen molar-refractivity contribution in [2.45, 2.75) is 58.0 Å². The summed E-state index contributed by atoms with van der Waals surface area (Å²) in [6, 6.07) is 0. The van der Waals surface area contributed by atoms with E-state index in [1.807, 2.05) is 0 Å². The molecule has 0 aliphatic carbocycles. The summed E-state index contributed by atoms with van der Waals surface area (Å²) in [5.41, 5.74) is -0.421. The number of hydrogen-bond donors (Lipinski definition) is 4. The van der Waals surface area contributed by atoms with E-state index < -0.39 is 50.3 Å². The van der Waals surface area contributed by atoms with Gasteiger partial charge in [0, 0.05) is 5.92 Å². The van der Waals surface area contributed by atoms with Crippen LogP contribution >= 0.6 is 7.82 Å². The number of imidazole rings is 1. The fourth-order valence-corrected chi connectivity index (χ4v) is 3.96. The highest BCUT2D eigenvalue weighted by Crippen LogP contribution is 2.45.